The number of anilines is 1. The van der Waals surface area contributed by atoms with E-state index in [-0.39, 0.29) is 6.04 Å². The van der Waals surface area contributed by atoms with E-state index < -0.39 is 5.97 Å². The van der Waals surface area contributed by atoms with Crippen molar-refractivity contribution in [3.63, 3.8) is 0 Å². The molecule has 3 atom stereocenters. The van der Waals surface area contributed by atoms with Crippen LogP contribution in [0.1, 0.15) is 46.8 Å². The van der Waals surface area contributed by atoms with Crippen LogP contribution in [0.5, 0.6) is 5.75 Å². The van der Waals surface area contributed by atoms with Gasteiger partial charge < -0.3 is 15.2 Å². The predicted molar refractivity (Wildman–Crippen MR) is 97.4 cm³/mol. The Hall–Kier alpha value is -2.75. The van der Waals surface area contributed by atoms with E-state index in [2.05, 4.69) is 29.6 Å². The molecule has 0 unspecified atom stereocenters. The number of para-hydroxylation sites is 1. The van der Waals surface area contributed by atoms with Gasteiger partial charge in [0.25, 0.3) is 0 Å². The van der Waals surface area contributed by atoms with E-state index in [1.54, 1.807) is 12.1 Å². The van der Waals surface area contributed by atoms with Crippen LogP contribution in [0.15, 0.2) is 54.6 Å². The van der Waals surface area contributed by atoms with Crippen LogP contribution >= 0.6 is 0 Å². The maximum Gasteiger partial charge on any atom is 0.335 e. The third kappa shape index (κ3) is 2.68. The quantitative estimate of drug-likeness (QED) is 0.801. The lowest BCUT2D eigenvalue weighted by Crippen LogP contribution is -2.29. The summed E-state index contributed by atoms with van der Waals surface area (Å²) < 4.78 is 5.82. The number of hydrogen-bond donors (Lipinski definition) is 2. The van der Waals surface area contributed by atoms with E-state index in [4.69, 9.17) is 9.84 Å². The number of benzene rings is 2. The first-order valence-electron chi connectivity index (χ1n) is 8.71. The standard InChI is InChI=1S/C21H21NO3/c1-2-25-18-8-4-7-17-15-5-3-6-16(15)19(22-20(17)18)13-9-11-14(12-10-13)21(23)24/h3-5,7-12,15-16,19,22H,2,6H2,1H3,(H,23,24)/t15-,16-,19+/m0/s1. The Morgan fingerprint density at radius 1 is 1.24 bits per heavy atom. The molecule has 0 fully saturated rings. The topological polar surface area (TPSA) is 58.6 Å². The normalized spacial score (nSPS) is 23.5. The van der Waals surface area contributed by atoms with Crippen molar-refractivity contribution in [3.8, 4) is 5.75 Å². The lowest BCUT2D eigenvalue weighted by atomic mass is 9.77. The third-order valence-electron chi connectivity index (χ3n) is 5.18. The number of aromatic carboxylic acids is 1. The lowest BCUT2D eigenvalue weighted by Gasteiger charge is -2.38. The van der Waals surface area contributed by atoms with Crippen LogP contribution in [-0.2, 0) is 0 Å². The molecule has 2 N–H and O–H groups in total. The summed E-state index contributed by atoms with van der Waals surface area (Å²) >= 11 is 0. The van der Waals surface area contributed by atoms with Crippen molar-refractivity contribution >= 4 is 11.7 Å². The molecule has 0 saturated heterocycles. The molecule has 0 aromatic heterocycles. The Morgan fingerprint density at radius 2 is 2.04 bits per heavy atom. The predicted octanol–water partition coefficient (Wildman–Crippen LogP) is 4.61. The summed E-state index contributed by atoms with van der Waals surface area (Å²) in [5.74, 6) is 0.777. The highest BCUT2D eigenvalue weighted by atomic mass is 16.5. The van der Waals surface area contributed by atoms with Crippen LogP contribution in [0, 0.1) is 5.92 Å². The molecule has 2 aliphatic rings. The summed E-state index contributed by atoms with van der Waals surface area (Å²) in [6, 6.07) is 13.6. The van der Waals surface area contributed by atoms with Gasteiger partial charge in [0.05, 0.1) is 23.9 Å². The first-order valence-corrected chi connectivity index (χ1v) is 8.71. The number of carboxylic acids is 1. The highest BCUT2D eigenvalue weighted by Crippen LogP contribution is 2.52. The SMILES string of the molecule is CCOc1cccc2c1N[C@H](c1ccc(C(=O)O)cc1)[C@H]1CC=C[C@H]21. The molecule has 0 spiro atoms. The highest BCUT2D eigenvalue weighted by molar-refractivity contribution is 5.87. The molecule has 0 saturated carbocycles. The van der Waals surface area contributed by atoms with Crippen molar-refractivity contribution in [3.05, 3.63) is 71.3 Å². The molecular formula is C21H21NO3. The molecule has 2 aromatic carbocycles. The van der Waals surface area contributed by atoms with Crippen LogP contribution in [0.4, 0.5) is 5.69 Å². The fourth-order valence-electron chi connectivity index (χ4n) is 4.03. The van der Waals surface area contributed by atoms with Crippen molar-refractivity contribution in [1.82, 2.24) is 0 Å². The zero-order valence-electron chi connectivity index (χ0n) is 14.1. The molecule has 0 bridgehead atoms. The van der Waals surface area contributed by atoms with Gasteiger partial charge in [-0.25, -0.2) is 4.79 Å². The number of nitrogens with one attached hydrogen (secondary N) is 1. The third-order valence-corrected chi connectivity index (χ3v) is 5.18. The average Bonchev–Trinajstić information content (AvgIpc) is 3.12. The average molecular weight is 335 g/mol. The highest BCUT2D eigenvalue weighted by Gasteiger charge is 2.38. The van der Waals surface area contributed by atoms with Gasteiger partial charge in [0.1, 0.15) is 5.75 Å². The summed E-state index contributed by atoms with van der Waals surface area (Å²) in [5, 5.41) is 12.8. The van der Waals surface area contributed by atoms with Crippen molar-refractivity contribution in [1.29, 1.82) is 0 Å². The summed E-state index contributed by atoms with van der Waals surface area (Å²) in [5.41, 5.74) is 3.77. The number of allylic oxidation sites excluding steroid dienone is 2. The molecule has 128 valence electrons. The fourth-order valence-corrected chi connectivity index (χ4v) is 4.03. The Balaban J connectivity index is 1.74. The minimum Gasteiger partial charge on any atom is -0.492 e. The van der Waals surface area contributed by atoms with Gasteiger partial charge in [0.2, 0.25) is 0 Å². The Labute approximate surface area is 147 Å². The van der Waals surface area contributed by atoms with Gasteiger partial charge >= 0.3 is 5.97 Å². The molecule has 1 aliphatic carbocycles. The summed E-state index contributed by atoms with van der Waals surface area (Å²) in [6.07, 6.45) is 5.55. The number of rotatable bonds is 4. The molecule has 1 heterocycles. The number of carboxylic acid groups (broad SMARTS) is 1. The fraction of sp³-hybridized carbons (Fsp3) is 0.286. The molecule has 1 aliphatic heterocycles. The van der Waals surface area contributed by atoms with E-state index in [1.165, 1.54) is 5.56 Å². The second-order valence-electron chi connectivity index (χ2n) is 6.56. The van der Waals surface area contributed by atoms with Gasteiger partial charge in [-0.2, -0.15) is 0 Å². The first-order chi connectivity index (χ1) is 12.2. The van der Waals surface area contributed by atoms with Crippen LogP contribution in [0.3, 0.4) is 0 Å². The van der Waals surface area contributed by atoms with Crippen molar-refractivity contribution in [2.24, 2.45) is 5.92 Å². The lowest BCUT2D eigenvalue weighted by molar-refractivity contribution is 0.0697. The van der Waals surface area contributed by atoms with Crippen molar-refractivity contribution in [2.45, 2.75) is 25.3 Å². The number of hydrogen-bond acceptors (Lipinski definition) is 3. The molecule has 4 nitrogen and oxygen atoms in total. The molecular weight excluding hydrogens is 314 g/mol. The molecule has 4 rings (SSSR count). The molecule has 25 heavy (non-hydrogen) atoms. The van der Waals surface area contributed by atoms with Gasteiger partial charge in [-0.15, -0.1) is 0 Å². The van der Waals surface area contributed by atoms with Crippen LogP contribution in [0.25, 0.3) is 0 Å². The minimum atomic E-state index is -0.896. The van der Waals surface area contributed by atoms with E-state index in [0.717, 1.165) is 23.4 Å². The number of carbonyl (C=O) groups is 1. The zero-order chi connectivity index (χ0) is 17.4. The van der Waals surface area contributed by atoms with Crippen molar-refractivity contribution < 1.29 is 14.6 Å². The second-order valence-corrected chi connectivity index (χ2v) is 6.56. The number of ether oxygens (including phenoxy) is 1. The van der Waals surface area contributed by atoms with Crippen LogP contribution < -0.4 is 10.1 Å². The first kappa shape index (κ1) is 15.8. The summed E-state index contributed by atoms with van der Waals surface area (Å²) in [7, 11) is 0. The summed E-state index contributed by atoms with van der Waals surface area (Å²) in [6.45, 7) is 2.61. The largest absolute Gasteiger partial charge is 0.492 e. The zero-order valence-corrected chi connectivity index (χ0v) is 14.1. The Morgan fingerprint density at radius 3 is 2.76 bits per heavy atom. The second kappa shape index (κ2) is 6.28. The van der Waals surface area contributed by atoms with E-state index in [9.17, 15) is 4.79 Å². The van der Waals surface area contributed by atoms with E-state index in [1.807, 2.05) is 25.1 Å². The summed E-state index contributed by atoms with van der Waals surface area (Å²) in [4.78, 5) is 11.1. The van der Waals surface area contributed by atoms with Crippen LogP contribution in [-0.4, -0.2) is 17.7 Å². The van der Waals surface area contributed by atoms with Gasteiger partial charge in [0.15, 0.2) is 0 Å². The maximum absolute atomic E-state index is 11.1. The van der Waals surface area contributed by atoms with E-state index >= 15 is 0 Å². The Kier molecular flexibility index (Phi) is 3.96. The molecule has 2 aromatic rings. The number of fused-ring (bicyclic) bond motifs is 3. The van der Waals surface area contributed by atoms with Gasteiger partial charge in [-0.3, -0.25) is 0 Å². The van der Waals surface area contributed by atoms with Crippen molar-refractivity contribution in [2.75, 3.05) is 11.9 Å². The smallest absolute Gasteiger partial charge is 0.335 e. The molecule has 4 heteroatoms. The monoisotopic (exact) mass is 335 g/mol. The van der Waals surface area contributed by atoms with Gasteiger partial charge in [-0.05, 0) is 48.6 Å². The van der Waals surface area contributed by atoms with Crippen LogP contribution in [0.2, 0.25) is 0 Å². The minimum absolute atomic E-state index is 0.136. The molecule has 0 amide bonds. The van der Waals surface area contributed by atoms with E-state index in [0.29, 0.717) is 24.0 Å². The maximum atomic E-state index is 11.1. The molecule has 0 radical (unpaired) electrons. The Bertz CT molecular complexity index is 826. The van der Waals surface area contributed by atoms with Gasteiger partial charge in [0, 0.05) is 5.92 Å². The van der Waals surface area contributed by atoms with Gasteiger partial charge in [-0.1, -0.05) is 36.4 Å².